The Kier molecular flexibility index (Phi) is 6.96. The zero-order chi connectivity index (χ0) is 22.7. The summed E-state index contributed by atoms with van der Waals surface area (Å²) in [6, 6.07) is 13.4. The topological polar surface area (TPSA) is 67.8 Å². The summed E-state index contributed by atoms with van der Waals surface area (Å²) < 4.78 is 30.2. The predicted octanol–water partition coefficient (Wildman–Crippen LogP) is 3.38. The van der Waals surface area contributed by atoms with Gasteiger partial charge in [-0.25, -0.2) is 0 Å². The molecule has 2 aromatic rings. The molecule has 2 bridgehead atoms. The Morgan fingerprint density at radius 1 is 1.12 bits per heavy atom. The third-order valence-corrected chi connectivity index (χ3v) is 10.2. The summed E-state index contributed by atoms with van der Waals surface area (Å²) in [6.07, 6.45) is 4.26. The minimum absolute atomic E-state index is 0. The van der Waals surface area contributed by atoms with Crippen molar-refractivity contribution in [2.24, 2.45) is 16.7 Å². The van der Waals surface area contributed by atoms with Gasteiger partial charge in [0.25, 0.3) is 0 Å². The molecule has 0 aromatic heterocycles. The smallest absolute Gasteiger partial charge is 0.746 e. The van der Waals surface area contributed by atoms with Crippen molar-refractivity contribution in [3.8, 4) is 5.75 Å². The second kappa shape index (κ2) is 9.05. The van der Waals surface area contributed by atoms with Crippen LogP contribution in [0.1, 0.15) is 51.2 Å². The first-order valence-electron chi connectivity index (χ1n) is 11.0. The minimum atomic E-state index is -4.62. The van der Waals surface area contributed by atoms with Crippen LogP contribution >= 0.6 is 19.6 Å². The quantitative estimate of drug-likeness (QED) is 0.469. The van der Waals surface area contributed by atoms with Gasteiger partial charge in [-0.15, -0.1) is 0 Å². The van der Waals surface area contributed by atoms with E-state index >= 15 is 0 Å². The van der Waals surface area contributed by atoms with Gasteiger partial charge >= 0.3 is 37.4 Å². The van der Waals surface area contributed by atoms with E-state index < -0.39 is 7.82 Å². The van der Waals surface area contributed by atoms with Gasteiger partial charge in [-0.05, 0) is 65.8 Å². The number of benzene rings is 2. The third-order valence-electron chi connectivity index (χ3n) is 8.06. The fraction of sp³-hybridized carbons (Fsp3) is 0.440. The first-order valence-corrected chi connectivity index (χ1v) is 13.3. The molecule has 0 saturated heterocycles. The van der Waals surface area contributed by atoms with Crippen molar-refractivity contribution in [1.82, 2.24) is 0 Å². The molecule has 2 fully saturated rings. The summed E-state index contributed by atoms with van der Waals surface area (Å²) in [5.41, 5.74) is 1.43. The number of phosphoric acid groups is 1. The van der Waals surface area contributed by atoms with E-state index in [2.05, 4.69) is 20.8 Å². The summed E-state index contributed by atoms with van der Waals surface area (Å²) >= 11 is 1.54. The molecule has 2 aromatic carbocycles. The molecule has 0 N–H and O–H groups in total. The largest absolute Gasteiger partial charge is 1.00 e. The van der Waals surface area contributed by atoms with Gasteiger partial charge in [0.05, 0.1) is 18.1 Å². The van der Waals surface area contributed by atoms with Crippen LogP contribution in [-0.2, 0) is 13.6 Å². The molecule has 0 spiro atoms. The number of fused-ring (bicyclic) bond motifs is 4. The summed E-state index contributed by atoms with van der Waals surface area (Å²) in [6.45, 7) is 6.62. The average Bonchev–Trinajstić information content (AvgIpc) is 2.99. The van der Waals surface area contributed by atoms with Crippen LogP contribution in [0.5, 0.6) is 5.75 Å². The molecular weight excluding hydrogens is 466 g/mol. The minimum Gasteiger partial charge on any atom is -0.746 e. The molecule has 1 unspecified atom stereocenters. The van der Waals surface area contributed by atoms with Crippen LogP contribution < -0.4 is 39.2 Å². The average molecular weight is 495 g/mol. The maximum Gasteiger partial charge on any atom is 1.00 e. The van der Waals surface area contributed by atoms with Crippen LogP contribution in [0.3, 0.4) is 0 Å². The van der Waals surface area contributed by atoms with Gasteiger partial charge in [0, 0.05) is 10.5 Å². The van der Waals surface area contributed by atoms with E-state index in [1.165, 1.54) is 11.8 Å². The molecule has 33 heavy (non-hydrogen) atoms. The second-order valence-electron chi connectivity index (χ2n) is 9.73. The molecular formula is C25H28NaO5PS. The normalized spacial score (nSPS) is 28.5. The van der Waals surface area contributed by atoms with Gasteiger partial charge in [0.1, 0.15) is 11.5 Å². The van der Waals surface area contributed by atoms with E-state index in [-0.39, 0.29) is 52.3 Å². The molecule has 5 rings (SSSR count). The first-order chi connectivity index (χ1) is 15.1. The van der Waals surface area contributed by atoms with Crippen molar-refractivity contribution in [1.29, 1.82) is 0 Å². The van der Waals surface area contributed by atoms with Gasteiger partial charge in [-0.2, -0.15) is 0 Å². The number of ether oxygens (including phenoxy) is 1. The number of rotatable bonds is 5. The zero-order valence-corrected chi connectivity index (χ0v) is 23.5. The monoisotopic (exact) mass is 494 g/mol. The summed E-state index contributed by atoms with van der Waals surface area (Å²) in [4.78, 5) is 15.0. The van der Waals surface area contributed by atoms with Crippen molar-refractivity contribution in [2.75, 3.05) is 7.11 Å². The predicted molar refractivity (Wildman–Crippen MR) is 124 cm³/mol. The second-order valence-corrected chi connectivity index (χ2v) is 12.1. The number of methoxy groups -OCH3 is 1. The molecule has 2 saturated carbocycles. The molecule has 1 aliphatic heterocycles. The molecule has 0 radical (unpaired) electrons. The Bertz CT molecular complexity index is 1150. The molecule has 3 aliphatic rings. The van der Waals surface area contributed by atoms with Crippen LogP contribution in [0.15, 0.2) is 52.3 Å². The summed E-state index contributed by atoms with van der Waals surface area (Å²) in [7, 11) is -3.01. The Morgan fingerprint density at radius 3 is 2.55 bits per heavy atom. The van der Waals surface area contributed by atoms with Crippen LogP contribution in [0.4, 0.5) is 0 Å². The SMILES string of the molecule is COc1cccc2c1Sc1ccccc1C=C2OP(=O)([O-])O[C@@H]1C[C@@H]2CC[C@@]1(C)C2(C)C.[Na+]. The fourth-order valence-corrected chi connectivity index (χ4v) is 7.87. The van der Waals surface area contributed by atoms with Gasteiger partial charge in [0.2, 0.25) is 0 Å². The van der Waals surface area contributed by atoms with Crippen molar-refractivity contribution >= 4 is 31.4 Å². The van der Waals surface area contributed by atoms with Crippen molar-refractivity contribution in [3.05, 3.63) is 53.6 Å². The van der Waals surface area contributed by atoms with Crippen molar-refractivity contribution < 1.29 is 52.8 Å². The van der Waals surface area contributed by atoms with Gasteiger partial charge in [-0.3, -0.25) is 4.57 Å². The molecule has 0 amide bonds. The summed E-state index contributed by atoms with van der Waals surface area (Å²) in [5, 5.41) is 0. The van der Waals surface area contributed by atoms with Crippen LogP contribution in [0.2, 0.25) is 0 Å². The van der Waals surface area contributed by atoms with Crippen LogP contribution in [-0.4, -0.2) is 13.2 Å². The van der Waals surface area contributed by atoms with Gasteiger partial charge in [-0.1, -0.05) is 56.8 Å². The van der Waals surface area contributed by atoms with E-state index in [0.717, 1.165) is 34.6 Å². The van der Waals surface area contributed by atoms with Crippen LogP contribution in [0, 0.1) is 16.7 Å². The maximum atomic E-state index is 13.2. The number of hydrogen-bond acceptors (Lipinski definition) is 6. The van der Waals surface area contributed by atoms with E-state index in [1.807, 2.05) is 42.5 Å². The Morgan fingerprint density at radius 2 is 1.88 bits per heavy atom. The first kappa shape index (κ1) is 25.4. The molecule has 2 aliphatic carbocycles. The Hall–Kier alpha value is -0.720. The molecule has 8 heteroatoms. The molecule has 170 valence electrons. The van der Waals surface area contributed by atoms with Gasteiger partial charge < -0.3 is 18.7 Å². The molecule has 5 nitrogen and oxygen atoms in total. The van der Waals surface area contributed by atoms with E-state index in [0.29, 0.717) is 17.2 Å². The number of hydrogen-bond donors (Lipinski definition) is 0. The third kappa shape index (κ3) is 4.27. The standard InChI is InChI=1S/C25H29O5PS.Na/c1-24(2)17-12-13-25(24,3)22(15-17)30-31(26,27)29-20-14-16-8-5-6-11-21(16)32-23-18(20)9-7-10-19(23)28-4;/h5-11,14,17,22H,12-13,15H2,1-4H3,(H,26,27);/q;+1/p-1/t17-,22+,25+;/m0./s1. The number of phosphoric ester groups is 1. The zero-order valence-electron chi connectivity index (χ0n) is 19.8. The van der Waals surface area contributed by atoms with E-state index in [9.17, 15) is 9.46 Å². The summed E-state index contributed by atoms with van der Waals surface area (Å²) in [5.74, 6) is 1.40. The van der Waals surface area contributed by atoms with Crippen LogP contribution in [0.25, 0.3) is 11.8 Å². The van der Waals surface area contributed by atoms with E-state index in [4.69, 9.17) is 13.8 Å². The Labute approximate surface area is 222 Å². The molecule has 4 atom stereocenters. The fourth-order valence-electron chi connectivity index (χ4n) is 5.66. The molecule has 1 heterocycles. The maximum absolute atomic E-state index is 13.2. The van der Waals surface area contributed by atoms with Gasteiger partial charge in [0.15, 0.2) is 0 Å². The van der Waals surface area contributed by atoms with E-state index in [1.54, 1.807) is 13.2 Å². The Balaban J connectivity index is 0.00000259. The van der Waals surface area contributed by atoms with Crippen molar-refractivity contribution in [3.63, 3.8) is 0 Å². The van der Waals surface area contributed by atoms with Crippen molar-refractivity contribution in [2.45, 2.75) is 55.9 Å².